The van der Waals surface area contributed by atoms with Gasteiger partial charge in [-0.25, -0.2) is 0 Å². The molecule has 6 fully saturated rings. The van der Waals surface area contributed by atoms with Crippen molar-refractivity contribution in [3.63, 3.8) is 0 Å². The Morgan fingerprint density at radius 2 is 0.958 bits per heavy atom. The van der Waals surface area contributed by atoms with Crippen molar-refractivity contribution in [2.45, 2.75) is 72.4 Å². The number of nitrogens with one attached hydrogen (secondary N) is 2. The van der Waals surface area contributed by atoms with Gasteiger partial charge < -0.3 is 20.1 Å². The van der Waals surface area contributed by atoms with Gasteiger partial charge >= 0.3 is 0 Å². The second-order valence-corrected chi connectivity index (χ2v) is 20.6. The quantitative estimate of drug-likeness (QED) is 0.293. The van der Waals surface area contributed by atoms with E-state index in [4.69, 9.17) is 9.47 Å². The van der Waals surface area contributed by atoms with Crippen LogP contribution in [0.25, 0.3) is 11.1 Å². The Bertz CT molecular complexity index is 1400. The number of thioether (sulfide) groups is 4. The summed E-state index contributed by atoms with van der Waals surface area (Å²) in [7, 11) is 3.31. The van der Waals surface area contributed by atoms with Gasteiger partial charge in [0.1, 0.15) is 11.5 Å². The number of rotatable bonds is 7. The van der Waals surface area contributed by atoms with Crippen LogP contribution >= 0.6 is 47.0 Å². The smallest absolute Gasteiger partial charge is 0.227 e. The zero-order valence-electron chi connectivity index (χ0n) is 28.1. The molecule has 48 heavy (non-hydrogen) atoms. The Kier molecular flexibility index (Phi) is 9.66. The van der Waals surface area contributed by atoms with Crippen molar-refractivity contribution in [3.8, 4) is 22.6 Å². The van der Waals surface area contributed by atoms with Gasteiger partial charge in [0.25, 0.3) is 0 Å². The van der Waals surface area contributed by atoms with Crippen molar-refractivity contribution in [2.24, 2.45) is 35.5 Å². The van der Waals surface area contributed by atoms with Gasteiger partial charge in [-0.3, -0.25) is 9.59 Å². The predicted molar refractivity (Wildman–Crippen MR) is 205 cm³/mol. The molecule has 0 unspecified atom stereocenters. The molecule has 2 spiro atoms. The van der Waals surface area contributed by atoms with Gasteiger partial charge in [0.2, 0.25) is 11.8 Å². The van der Waals surface area contributed by atoms with Crippen molar-refractivity contribution in [2.75, 3.05) is 47.9 Å². The summed E-state index contributed by atoms with van der Waals surface area (Å²) in [6, 6.07) is 11.9. The maximum atomic E-state index is 13.6. The van der Waals surface area contributed by atoms with Gasteiger partial charge in [0.15, 0.2) is 0 Å². The average molecular weight is 725 g/mol. The van der Waals surface area contributed by atoms with Crippen LogP contribution in [0.2, 0.25) is 0 Å². The van der Waals surface area contributed by atoms with Gasteiger partial charge in [-0.15, -0.1) is 47.0 Å². The molecule has 258 valence electrons. The molecule has 6 nitrogen and oxygen atoms in total. The highest BCUT2D eigenvalue weighted by atomic mass is 32.2. The van der Waals surface area contributed by atoms with Crippen LogP contribution in [0.5, 0.6) is 11.5 Å². The van der Waals surface area contributed by atoms with Crippen molar-refractivity contribution in [1.82, 2.24) is 0 Å². The van der Waals surface area contributed by atoms with Crippen LogP contribution in [-0.4, -0.2) is 57.2 Å². The molecule has 2 N–H and O–H groups in total. The molecular weight excluding hydrogens is 677 g/mol. The molecule has 4 saturated carbocycles. The summed E-state index contributed by atoms with van der Waals surface area (Å²) in [5, 5.41) is 6.48. The molecule has 4 aliphatic carbocycles. The van der Waals surface area contributed by atoms with Crippen LogP contribution in [0.4, 0.5) is 11.4 Å². The molecule has 0 radical (unpaired) electrons. The first-order chi connectivity index (χ1) is 23.4. The zero-order chi connectivity index (χ0) is 32.9. The van der Waals surface area contributed by atoms with Gasteiger partial charge in [-0.2, -0.15) is 0 Å². The van der Waals surface area contributed by atoms with Crippen molar-refractivity contribution >= 4 is 70.2 Å². The first-order valence-electron chi connectivity index (χ1n) is 18.0. The summed E-state index contributed by atoms with van der Waals surface area (Å²) in [6.07, 6.45) is 11.6. The van der Waals surface area contributed by atoms with Crippen LogP contribution in [0.15, 0.2) is 36.4 Å². The van der Waals surface area contributed by atoms with E-state index in [1.807, 2.05) is 36.4 Å². The fourth-order valence-electron chi connectivity index (χ4n) is 10.1. The lowest BCUT2D eigenvalue weighted by Gasteiger charge is -2.52. The Hall–Kier alpha value is -1.62. The topological polar surface area (TPSA) is 76.7 Å². The molecule has 2 aromatic rings. The third-order valence-corrected chi connectivity index (χ3v) is 20.3. The third-order valence-electron chi connectivity index (χ3n) is 12.2. The van der Waals surface area contributed by atoms with Gasteiger partial charge in [0, 0.05) is 34.8 Å². The minimum absolute atomic E-state index is 0.0546. The van der Waals surface area contributed by atoms with E-state index in [9.17, 15) is 9.59 Å². The second kappa shape index (κ2) is 13.8. The average Bonchev–Trinajstić information content (AvgIpc) is 3.76. The van der Waals surface area contributed by atoms with E-state index < -0.39 is 0 Å². The predicted octanol–water partition coefficient (Wildman–Crippen LogP) is 9.25. The molecule has 6 aliphatic rings. The van der Waals surface area contributed by atoms with Crippen molar-refractivity contribution in [3.05, 3.63) is 36.4 Å². The van der Waals surface area contributed by atoms with Gasteiger partial charge in [-0.05, 0) is 110 Å². The molecule has 10 heteroatoms. The number of carbonyl (C=O) groups is 2. The monoisotopic (exact) mass is 724 g/mol. The molecule has 2 aliphatic heterocycles. The third kappa shape index (κ3) is 5.96. The number of hydrogen-bond acceptors (Lipinski definition) is 8. The molecule has 2 aromatic carbocycles. The van der Waals surface area contributed by atoms with E-state index in [2.05, 4.69) is 57.7 Å². The van der Waals surface area contributed by atoms with E-state index in [1.54, 1.807) is 14.2 Å². The minimum Gasteiger partial charge on any atom is -0.495 e. The van der Waals surface area contributed by atoms with Crippen LogP contribution in [0.1, 0.15) is 64.2 Å². The minimum atomic E-state index is 0.0546. The lowest BCUT2D eigenvalue weighted by Crippen LogP contribution is -2.48. The largest absolute Gasteiger partial charge is 0.495 e. The number of ether oxygens (including phenoxy) is 2. The molecule has 0 aromatic heterocycles. The van der Waals surface area contributed by atoms with E-state index in [0.717, 1.165) is 36.8 Å². The lowest BCUT2D eigenvalue weighted by atomic mass is 9.67. The first-order valence-corrected chi connectivity index (χ1v) is 21.9. The summed E-state index contributed by atoms with van der Waals surface area (Å²) in [5.74, 6) is 9.19. The molecule has 8 rings (SSSR count). The Morgan fingerprint density at radius 3 is 1.29 bits per heavy atom. The van der Waals surface area contributed by atoms with E-state index in [-0.39, 0.29) is 23.7 Å². The number of benzene rings is 2. The number of hydrogen-bond donors (Lipinski definition) is 2. The Labute approximate surface area is 302 Å². The SMILES string of the molecule is COc1cc(-c2ccc(NC(=O)C3C[C@H]4CCC[C@H](C3)C43SCCS3)c(OC)c2)ccc1NC(=O)C1C[C@H]2CCC[C@H](C1)C21SCCS1. The number of anilines is 2. The lowest BCUT2D eigenvalue weighted by molar-refractivity contribution is -0.123. The van der Waals surface area contributed by atoms with Gasteiger partial charge in [0.05, 0.1) is 33.8 Å². The highest BCUT2D eigenvalue weighted by Gasteiger charge is 2.56. The Balaban J connectivity index is 0.937. The highest BCUT2D eigenvalue weighted by Crippen LogP contribution is 2.65. The van der Waals surface area contributed by atoms with Crippen molar-refractivity contribution < 1.29 is 19.1 Å². The maximum Gasteiger partial charge on any atom is 0.227 e. The number of amides is 2. The van der Waals surface area contributed by atoms with Crippen LogP contribution in [-0.2, 0) is 9.59 Å². The second-order valence-electron chi connectivity index (χ2n) is 14.6. The van der Waals surface area contributed by atoms with Crippen molar-refractivity contribution in [1.29, 1.82) is 0 Å². The molecule has 2 saturated heterocycles. The highest BCUT2D eigenvalue weighted by molar-refractivity contribution is 8.21. The molecule has 2 amide bonds. The van der Waals surface area contributed by atoms with E-state index in [1.165, 1.54) is 61.5 Å². The molecule has 4 bridgehead atoms. The summed E-state index contributed by atoms with van der Waals surface area (Å²) in [5.41, 5.74) is 3.35. The summed E-state index contributed by atoms with van der Waals surface area (Å²) in [6.45, 7) is 0. The number of carbonyl (C=O) groups excluding carboxylic acids is 2. The Morgan fingerprint density at radius 1 is 0.604 bits per heavy atom. The molecule has 2 heterocycles. The maximum absolute atomic E-state index is 13.6. The van der Waals surface area contributed by atoms with Gasteiger partial charge in [-0.1, -0.05) is 25.0 Å². The van der Waals surface area contributed by atoms with Crippen LogP contribution in [0, 0.1) is 35.5 Å². The first kappa shape index (κ1) is 33.5. The van der Waals surface area contributed by atoms with Crippen LogP contribution < -0.4 is 20.1 Å². The van der Waals surface area contributed by atoms with Crippen LogP contribution in [0.3, 0.4) is 0 Å². The summed E-state index contributed by atoms with van der Waals surface area (Å²) >= 11 is 8.72. The number of methoxy groups -OCH3 is 2. The fourth-order valence-corrected chi connectivity index (χ4v) is 17.9. The van der Waals surface area contributed by atoms with E-state index >= 15 is 0 Å². The standard InChI is InChI=1S/C38H48N2O4S4/c1-43-33-21-23(9-11-31(33)39-35(41)25-17-27-5-3-6-28(18-25)37(27)45-13-14-46-37)24-10-12-32(34(22-24)44-2)40-36(42)26-19-29-7-4-8-30(20-26)38(29)47-15-16-48-38/h9-12,21-22,25-30H,3-8,13-20H2,1-2H3,(H,39,41)(H,40,42)/t27-,28-,29-,30-/m1/s1. The summed E-state index contributed by atoms with van der Waals surface area (Å²) in [4.78, 5) is 27.3. The van der Waals surface area contributed by atoms with E-state index in [0.29, 0.717) is 54.7 Å². The normalized spacial score (nSPS) is 31.4. The molecule has 4 atom stereocenters. The summed E-state index contributed by atoms with van der Waals surface area (Å²) < 4.78 is 12.3. The fraction of sp³-hybridized carbons (Fsp3) is 0.632. The zero-order valence-corrected chi connectivity index (χ0v) is 31.4. The molecular formula is C38H48N2O4S4.